The first-order valence-electron chi connectivity index (χ1n) is 11.7. The van der Waals surface area contributed by atoms with Crippen LogP contribution in [-0.2, 0) is 20.7 Å². The second-order valence-corrected chi connectivity index (χ2v) is 8.71. The number of carbonyl (C=O) groups excluding carboxylic acids is 2. The van der Waals surface area contributed by atoms with Gasteiger partial charge in [-0.15, -0.1) is 0 Å². The van der Waals surface area contributed by atoms with Crippen molar-refractivity contribution < 1.29 is 14.3 Å². The van der Waals surface area contributed by atoms with Gasteiger partial charge in [-0.2, -0.15) is 0 Å². The fourth-order valence-corrected chi connectivity index (χ4v) is 4.90. The molecular formula is C28H32N2O3. The van der Waals surface area contributed by atoms with E-state index in [-0.39, 0.29) is 11.9 Å². The zero-order valence-corrected chi connectivity index (χ0v) is 19.5. The van der Waals surface area contributed by atoms with E-state index in [1.165, 1.54) is 23.4 Å². The lowest BCUT2D eigenvalue weighted by Gasteiger charge is -2.46. The Balaban J connectivity index is 1.49. The Morgan fingerprint density at radius 1 is 0.939 bits per heavy atom. The highest BCUT2D eigenvalue weighted by Gasteiger charge is 2.49. The minimum atomic E-state index is -0.970. The van der Waals surface area contributed by atoms with E-state index < -0.39 is 5.54 Å². The maximum Gasteiger partial charge on any atom is 0.332 e. The molecule has 3 aromatic carbocycles. The van der Waals surface area contributed by atoms with Crippen LogP contribution in [0.5, 0.6) is 0 Å². The first-order chi connectivity index (χ1) is 16.1. The Morgan fingerprint density at radius 2 is 1.61 bits per heavy atom. The van der Waals surface area contributed by atoms with Crippen molar-refractivity contribution in [3.63, 3.8) is 0 Å². The zero-order chi connectivity index (χ0) is 23.3. The van der Waals surface area contributed by atoms with Crippen molar-refractivity contribution in [1.82, 2.24) is 4.90 Å². The predicted molar refractivity (Wildman–Crippen MR) is 132 cm³/mol. The van der Waals surface area contributed by atoms with Crippen LogP contribution in [0.1, 0.15) is 31.7 Å². The van der Waals surface area contributed by atoms with Gasteiger partial charge in [0.15, 0.2) is 0 Å². The van der Waals surface area contributed by atoms with Crippen molar-refractivity contribution >= 4 is 28.3 Å². The molecule has 0 radical (unpaired) electrons. The number of fused-ring (bicyclic) bond motifs is 1. The fourth-order valence-electron chi connectivity index (χ4n) is 4.90. The minimum Gasteiger partial charge on any atom is -0.467 e. The van der Waals surface area contributed by atoms with Crippen LogP contribution >= 0.6 is 0 Å². The molecule has 1 saturated heterocycles. The summed E-state index contributed by atoms with van der Waals surface area (Å²) in [6, 6.07) is 24.5. The Hall–Kier alpha value is -3.18. The number of anilines is 1. The van der Waals surface area contributed by atoms with Crippen molar-refractivity contribution in [3.8, 4) is 0 Å². The average molecular weight is 445 g/mol. The number of rotatable bonds is 7. The third-order valence-corrected chi connectivity index (χ3v) is 6.77. The van der Waals surface area contributed by atoms with Crippen LogP contribution in [0.2, 0.25) is 0 Å². The van der Waals surface area contributed by atoms with Gasteiger partial charge in [0.1, 0.15) is 5.54 Å². The van der Waals surface area contributed by atoms with Gasteiger partial charge in [-0.05, 0) is 47.7 Å². The van der Waals surface area contributed by atoms with Gasteiger partial charge in [0.25, 0.3) is 0 Å². The van der Waals surface area contributed by atoms with Gasteiger partial charge >= 0.3 is 5.97 Å². The van der Waals surface area contributed by atoms with Crippen LogP contribution in [0.15, 0.2) is 72.8 Å². The number of nitrogens with zero attached hydrogens (tertiary/aromatic N) is 2. The number of amides is 1. The molecule has 1 fully saturated rings. The summed E-state index contributed by atoms with van der Waals surface area (Å²) in [7, 11) is 1.41. The number of esters is 1. The summed E-state index contributed by atoms with van der Waals surface area (Å²) in [5, 5.41) is 2.51. The molecule has 1 heterocycles. The molecule has 172 valence electrons. The normalized spacial score (nSPS) is 15.8. The summed E-state index contributed by atoms with van der Waals surface area (Å²) in [4.78, 5) is 30.2. The number of likely N-dealkylation sites (tertiary alicyclic amines) is 1. The van der Waals surface area contributed by atoms with Gasteiger partial charge in [0.2, 0.25) is 5.91 Å². The van der Waals surface area contributed by atoms with Crippen LogP contribution in [0.25, 0.3) is 10.8 Å². The molecule has 0 aromatic heterocycles. The molecule has 1 aliphatic heterocycles. The second kappa shape index (κ2) is 10.2. The molecule has 0 saturated carbocycles. The number of carbonyl (C=O) groups is 2. The Morgan fingerprint density at radius 3 is 2.27 bits per heavy atom. The maximum absolute atomic E-state index is 13.1. The van der Waals surface area contributed by atoms with Gasteiger partial charge in [-0.25, -0.2) is 4.79 Å². The van der Waals surface area contributed by atoms with Crippen LogP contribution in [0.4, 0.5) is 5.69 Å². The quantitative estimate of drug-likeness (QED) is 0.490. The summed E-state index contributed by atoms with van der Waals surface area (Å²) in [5.74, 6) is -0.390. The average Bonchev–Trinajstić information content (AvgIpc) is 2.88. The number of benzene rings is 3. The highest BCUT2D eigenvalue weighted by molar-refractivity contribution is 6.02. The van der Waals surface area contributed by atoms with Crippen LogP contribution in [0, 0.1) is 0 Å². The number of piperidine rings is 1. The highest BCUT2D eigenvalue weighted by atomic mass is 16.5. The monoisotopic (exact) mass is 444 g/mol. The van der Waals surface area contributed by atoms with E-state index in [0.29, 0.717) is 19.3 Å². The van der Waals surface area contributed by atoms with E-state index in [1.807, 2.05) is 37.3 Å². The van der Waals surface area contributed by atoms with Crippen molar-refractivity contribution in [2.24, 2.45) is 0 Å². The molecule has 5 nitrogen and oxygen atoms in total. The fraction of sp³-hybridized carbons (Fsp3) is 0.357. The summed E-state index contributed by atoms with van der Waals surface area (Å²) in [6.07, 6.45) is 2.39. The molecule has 1 amide bonds. The summed E-state index contributed by atoms with van der Waals surface area (Å²) in [6.45, 7) is 4.23. The van der Waals surface area contributed by atoms with Crippen molar-refractivity contribution in [2.45, 2.75) is 38.1 Å². The van der Waals surface area contributed by atoms with Crippen molar-refractivity contribution in [1.29, 1.82) is 0 Å². The van der Waals surface area contributed by atoms with Crippen LogP contribution in [-0.4, -0.2) is 49.1 Å². The molecule has 5 heteroatoms. The number of hydrogen-bond acceptors (Lipinski definition) is 4. The standard InChI is InChI=1S/C28H32N2O3/c1-3-26(31)30(25-11-5-4-6-12-25)28(27(32)33-2)16-19-29(20-17-28)18-15-22-13-14-23-9-7-8-10-24(23)21-22/h4-14,21H,3,15-20H2,1-2H3. The third-order valence-electron chi connectivity index (χ3n) is 6.77. The van der Waals surface area contributed by atoms with Gasteiger partial charge < -0.3 is 9.64 Å². The number of para-hydroxylation sites is 1. The molecule has 0 N–H and O–H groups in total. The van der Waals surface area contributed by atoms with Gasteiger partial charge in [0.05, 0.1) is 7.11 Å². The van der Waals surface area contributed by atoms with Gasteiger partial charge in [-0.1, -0.05) is 67.6 Å². The molecule has 3 aromatic rings. The molecule has 4 rings (SSSR count). The third kappa shape index (κ3) is 4.79. The minimum absolute atomic E-state index is 0.0591. The first kappa shape index (κ1) is 23.0. The van der Waals surface area contributed by atoms with Crippen LogP contribution in [0.3, 0.4) is 0 Å². The smallest absolute Gasteiger partial charge is 0.332 e. The predicted octanol–water partition coefficient (Wildman–Crippen LogP) is 4.83. The lowest BCUT2D eigenvalue weighted by molar-refractivity contribution is -0.151. The van der Waals surface area contributed by atoms with E-state index in [1.54, 1.807) is 4.90 Å². The second-order valence-electron chi connectivity index (χ2n) is 8.71. The van der Waals surface area contributed by atoms with E-state index in [2.05, 4.69) is 47.4 Å². The van der Waals surface area contributed by atoms with Gasteiger partial charge in [0, 0.05) is 31.7 Å². The number of ether oxygens (including phenoxy) is 1. The van der Waals surface area contributed by atoms with Crippen LogP contribution < -0.4 is 4.90 Å². The summed E-state index contributed by atoms with van der Waals surface area (Å²) >= 11 is 0. The molecule has 0 atom stereocenters. The number of hydrogen-bond donors (Lipinski definition) is 0. The lowest BCUT2D eigenvalue weighted by atomic mass is 9.84. The van der Waals surface area contributed by atoms with E-state index >= 15 is 0 Å². The van der Waals surface area contributed by atoms with E-state index in [4.69, 9.17) is 4.74 Å². The molecular weight excluding hydrogens is 412 g/mol. The molecule has 0 aliphatic carbocycles. The maximum atomic E-state index is 13.1. The largest absolute Gasteiger partial charge is 0.467 e. The lowest BCUT2D eigenvalue weighted by Crippen LogP contribution is -2.62. The van der Waals surface area contributed by atoms with Crippen molar-refractivity contribution in [3.05, 3.63) is 78.4 Å². The van der Waals surface area contributed by atoms with Gasteiger partial charge in [-0.3, -0.25) is 9.69 Å². The molecule has 0 unspecified atom stereocenters. The van der Waals surface area contributed by atoms with E-state index in [9.17, 15) is 9.59 Å². The SMILES string of the molecule is CCC(=O)N(c1ccccc1)C1(C(=O)OC)CCN(CCc2ccc3ccccc3c2)CC1. The Labute approximate surface area is 195 Å². The highest BCUT2D eigenvalue weighted by Crippen LogP contribution is 2.35. The summed E-state index contributed by atoms with van der Waals surface area (Å²) < 4.78 is 5.24. The number of methoxy groups -OCH3 is 1. The molecule has 1 aliphatic rings. The Kier molecular flexibility index (Phi) is 7.09. The summed E-state index contributed by atoms with van der Waals surface area (Å²) in [5.41, 5.74) is 1.09. The Bertz CT molecular complexity index is 1100. The molecule has 0 bridgehead atoms. The molecule has 33 heavy (non-hydrogen) atoms. The zero-order valence-electron chi connectivity index (χ0n) is 19.5. The van der Waals surface area contributed by atoms with E-state index in [0.717, 1.165) is 31.7 Å². The van der Waals surface area contributed by atoms with Crippen molar-refractivity contribution in [2.75, 3.05) is 31.6 Å². The topological polar surface area (TPSA) is 49.9 Å². The molecule has 0 spiro atoms. The first-order valence-corrected chi connectivity index (χ1v) is 11.7.